The van der Waals surface area contributed by atoms with Gasteiger partial charge >= 0.3 is 0 Å². The number of hydrogen-bond donors (Lipinski definition) is 2. The second-order valence-electron chi connectivity index (χ2n) is 4.80. The second-order valence-corrected chi connectivity index (χ2v) is 5.71. The first-order valence-corrected chi connectivity index (χ1v) is 7.41. The quantitative estimate of drug-likeness (QED) is 0.642. The Labute approximate surface area is 127 Å². The van der Waals surface area contributed by atoms with Gasteiger partial charge in [-0.05, 0) is 47.7 Å². The van der Waals surface area contributed by atoms with Crippen LogP contribution < -0.4 is 11.3 Å². The van der Waals surface area contributed by atoms with Crippen molar-refractivity contribution in [1.29, 1.82) is 0 Å². The van der Waals surface area contributed by atoms with Crippen molar-refractivity contribution in [3.8, 4) is 0 Å². The van der Waals surface area contributed by atoms with E-state index in [-0.39, 0.29) is 11.9 Å². The van der Waals surface area contributed by atoms with E-state index in [1.54, 1.807) is 0 Å². The third-order valence-electron chi connectivity index (χ3n) is 3.35. The van der Waals surface area contributed by atoms with Crippen LogP contribution in [0.15, 0.2) is 46.9 Å². The van der Waals surface area contributed by atoms with E-state index in [4.69, 9.17) is 5.84 Å². The molecule has 0 aliphatic heterocycles. The van der Waals surface area contributed by atoms with E-state index in [1.807, 2.05) is 6.07 Å². The summed E-state index contributed by atoms with van der Waals surface area (Å²) in [6, 6.07) is 13.2. The molecule has 2 aromatic rings. The van der Waals surface area contributed by atoms with Crippen LogP contribution in [0.2, 0.25) is 0 Å². The van der Waals surface area contributed by atoms with Crippen molar-refractivity contribution in [1.82, 2.24) is 5.43 Å². The average molecular weight is 337 g/mol. The Morgan fingerprint density at radius 2 is 1.85 bits per heavy atom. The fourth-order valence-electron chi connectivity index (χ4n) is 2.22. The third-order valence-corrected chi connectivity index (χ3v) is 3.81. The van der Waals surface area contributed by atoms with E-state index >= 15 is 0 Å². The minimum absolute atomic E-state index is 0.0328. The van der Waals surface area contributed by atoms with Gasteiger partial charge in [-0.25, -0.2) is 4.39 Å². The molecular weight excluding hydrogens is 319 g/mol. The summed E-state index contributed by atoms with van der Waals surface area (Å²) in [5.41, 5.74) is 6.10. The van der Waals surface area contributed by atoms with Crippen LogP contribution in [0, 0.1) is 5.82 Å². The van der Waals surface area contributed by atoms with Gasteiger partial charge in [0.05, 0.1) is 0 Å². The molecule has 0 bridgehead atoms. The Balaban J connectivity index is 2.19. The van der Waals surface area contributed by atoms with Gasteiger partial charge in [-0.2, -0.15) is 0 Å². The molecule has 20 heavy (non-hydrogen) atoms. The molecule has 0 aromatic heterocycles. The van der Waals surface area contributed by atoms with Crippen LogP contribution in [0.5, 0.6) is 0 Å². The Hall–Kier alpha value is -1.23. The summed E-state index contributed by atoms with van der Waals surface area (Å²) < 4.78 is 14.1. The minimum Gasteiger partial charge on any atom is -0.271 e. The molecule has 4 heteroatoms. The lowest BCUT2D eigenvalue weighted by molar-refractivity contribution is 0.548. The zero-order valence-electron chi connectivity index (χ0n) is 11.4. The smallest absolute Gasteiger partial charge is 0.124 e. The number of aryl methyl sites for hydroxylation is 1. The van der Waals surface area contributed by atoms with Crippen molar-refractivity contribution >= 4 is 15.9 Å². The topological polar surface area (TPSA) is 38.0 Å². The van der Waals surface area contributed by atoms with Gasteiger partial charge in [0.1, 0.15) is 5.82 Å². The number of nitrogens with two attached hydrogens (primary N) is 1. The fourth-order valence-corrected chi connectivity index (χ4v) is 2.74. The van der Waals surface area contributed by atoms with Crippen LogP contribution >= 0.6 is 15.9 Å². The summed E-state index contributed by atoms with van der Waals surface area (Å²) in [5.74, 6) is 5.40. The van der Waals surface area contributed by atoms with E-state index in [9.17, 15) is 4.39 Å². The van der Waals surface area contributed by atoms with E-state index in [0.29, 0.717) is 6.42 Å². The molecule has 106 valence electrons. The van der Waals surface area contributed by atoms with E-state index < -0.39 is 0 Å². The standard InChI is InChI=1S/C16H18BrFN2/c1-2-11-3-5-13(6-4-11)16(20-19)9-12-7-14(17)10-15(18)8-12/h3-8,10,16,20H,2,9,19H2,1H3. The lowest BCUT2D eigenvalue weighted by atomic mass is 9.98. The van der Waals surface area contributed by atoms with Crippen LogP contribution in [-0.2, 0) is 12.8 Å². The molecule has 0 heterocycles. The Morgan fingerprint density at radius 1 is 1.15 bits per heavy atom. The summed E-state index contributed by atoms with van der Waals surface area (Å²) in [6.07, 6.45) is 1.65. The predicted octanol–water partition coefficient (Wildman–Crippen LogP) is 3.90. The normalized spacial score (nSPS) is 12.4. The second kappa shape index (κ2) is 6.97. The van der Waals surface area contributed by atoms with Gasteiger partial charge in [0.2, 0.25) is 0 Å². The number of hydrazine groups is 1. The predicted molar refractivity (Wildman–Crippen MR) is 83.7 cm³/mol. The first-order valence-electron chi connectivity index (χ1n) is 6.62. The zero-order chi connectivity index (χ0) is 14.5. The number of nitrogens with one attached hydrogen (secondary N) is 1. The van der Waals surface area contributed by atoms with Gasteiger partial charge in [0, 0.05) is 10.5 Å². The summed E-state index contributed by atoms with van der Waals surface area (Å²) in [4.78, 5) is 0. The molecule has 0 fully saturated rings. The fraction of sp³-hybridized carbons (Fsp3) is 0.250. The van der Waals surface area contributed by atoms with Gasteiger partial charge in [0.15, 0.2) is 0 Å². The van der Waals surface area contributed by atoms with Crippen LogP contribution in [0.25, 0.3) is 0 Å². The van der Waals surface area contributed by atoms with Crippen molar-refractivity contribution in [2.24, 2.45) is 5.84 Å². The average Bonchev–Trinajstić information content (AvgIpc) is 2.44. The maximum Gasteiger partial charge on any atom is 0.124 e. The van der Waals surface area contributed by atoms with Gasteiger partial charge in [0.25, 0.3) is 0 Å². The molecule has 1 unspecified atom stereocenters. The van der Waals surface area contributed by atoms with Crippen LogP contribution in [0.3, 0.4) is 0 Å². The molecule has 0 saturated heterocycles. The molecule has 3 N–H and O–H groups in total. The van der Waals surface area contributed by atoms with Crippen molar-refractivity contribution in [2.45, 2.75) is 25.8 Å². The largest absolute Gasteiger partial charge is 0.271 e. The highest BCUT2D eigenvalue weighted by Crippen LogP contribution is 2.22. The Kier molecular flexibility index (Phi) is 5.29. The van der Waals surface area contributed by atoms with E-state index in [2.05, 4.69) is 52.5 Å². The van der Waals surface area contributed by atoms with E-state index in [1.165, 1.54) is 17.7 Å². The van der Waals surface area contributed by atoms with E-state index in [0.717, 1.165) is 22.0 Å². The molecule has 0 spiro atoms. The van der Waals surface area contributed by atoms with Gasteiger partial charge in [-0.3, -0.25) is 11.3 Å². The highest BCUT2D eigenvalue weighted by molar-refractivity contribution is 9.10. The molecule has 0 saturated carbocycles. The van der Waals surface area contributed by atoms with Crippen molar-refractivity contribution in [3.05, 3.63) is 69.4 Å². The summed E-state index contributed by atoms with van der Waals surface area (Å²) in [5, 5.41) is 0. The molecule has 0 aliphatic rings. The van der Waals surface area contributed by atoms with Crippen LogP contribution in [-0.4, -0.2) is 0 Å². The van der Waals surface area contributed by atoms with Crippen LogP contribution in [0.4, 0.5) is 4.39 Å². The summed E-state index contributed by atoms with van der Waals surface area (Å²) in [6.45, 7) is 2.12. The molecule has 2 nitrogen and oxygen atoms in total. The summed E-state index contributed by atoms with van der Waals surface area (Å²) in [7, 11) is 0. The number of rotatable bonds is 5. The zero-order valence-corrected chi connectivity index (χ0v) is 13.0. The monoisotopic (exact) mass is 336 g/mol. The SMILES string of the molecule is CCc1ccc(C(Cc2cc(F)cc(Br)c2)NN)cc1. The minimum atomic E-state index is -0.244. The van der Waals surface area contributed by atoms with Gasteiger partial charge < -0.3 is 0 Å². The molecule has 0 aliphatic carbocycles. The number of halogens is 2. The highest BCUT2D eigenvalue weighted by Gasteiger charge is 2.11. The van der Waals surface area contributed by atoms with Gasteiger partial charge in [-0.15, -0.1) is 0 Å². The molecule has 2 rings (SSSR count). The highest BCUT2D eigenvalue weighted by atomic mass is 79.9. The molecule has 0 radical (unpaired) electrons. The molecule has 2 aromatic carbocycles. The Bertz CT molecular complexity index is 549. The molecule has 0 amide bonds. The lowest BCUT2D eigenvalue weighted by Crippen LogP contribution is -2.29. The lowest BCUT2D eigenvalue weighted by Gasteiger charge is -2.17. The third kappa shape index (κ3) is 3.88. The van der Waals surface area contributed by atoms with Gasteiger partial charge in [-0.1, -0.05) is 47.1 Å². The number of benzene rings is 2. The first kappa shape index (κ1) is 15.2. The maximum absolute atomic E-state index is 13.4. The number of hydrogen-bond acceptors (Lipinski definition) is 2. The Morgan fingerprint density at radius 3 is 2.40 bits per heavy atom. The van der Waals surface area contributed by atoms with Crippen molar-refractivity contribution in [3.63, 3.8) is 0 Å². The summed E-state index contributed by atoms with van der Waals surface area (Å²) >= 11 is 3.31. The van der Waals surface area contributed by atoms with Crippen molar-refractivity contribution in [2.75, 3.05) is 0 Å². The first-order chi connectivity index (χ1) is 9.62. The molecular formula is C16H18BrFN2. The molecule has 1 atom stereocenters. The van der Waals surface area contributed by atoms with Crippen LogP contribution in [0.1, 0.15) is 29.7 Å². The maximum atomic E-state index is 13.4. The van der Waals surface area contributed by atoms with Crippen molar-refractivity contribution < 1.29 is 4.39 Å².